The van der Waals surface area contributed by atoms with Crippen molar-refractivity contribution in [3.63, 3.8) is 0 Å². The summed E-state index contributed by atoms with van der Waals surface area (Å²) < 4.78 is 76.9. The summed E-state index contributed by atoms with van der Waals surface area (Å²) in [5.74, 6) is -4.94. The molecule has 0 fully saturated rings. The number of alkyl halides is 3. The van der Waals surface area contributed by atoms with Gasteiger partial charge in [0.25, 0.3) is 0 Å². The van der Waals surface area contributed by atoms with E-state index < -0.39 is 45.9 Å². The van der Waals surface area contributed by atoms with E-state index in [-0.39, 0.29) is 0 Å². The van der Waals surface area contributed by atoms with E-state index in [4.69, 9.17) is 11.6 Å². The van der Waals surface area contributed by atoms with Crippen molar-refractivity contribution in [1.29, 1.82) is 0 Å². The molecule has 0 atom stereocenters. The van der Waals surface area contributed by atoms with Gasteiger partial charge in [-0.2, -0.15) is 13.2 Å². The van der Waals surface area contributed by atoms with E-state index in [0.29, 0.717) is 12.1 Å². The summed E-state index contributed by atoms with van der Waals surface area (Å²) in [5.41, 5.74) is -2.68. The van der Waals surface area contributed by atoms with Gasteiger partial charge in [-0.05, 0) is 29.8 Å². The van der Waals surface area contributed by atoms with Crippen molar-refractivity contribution in [1.82, 2.24) is 9.97 Å². The minimum absolute atomic E-state index is 0.391. The van der Waals surface area contributed by atoms with E-state index in [1.54, 1.807) is 0 Å². The first-order valence-corrected chi connectivity index (χ1v) is 5.33. The Hall–Kier alpha value is -1.83. The lowest BCUT2D eigenvalue weighted by Gasteiger charge is -2.09. The molecule has 0 radical (unpaired) electrons. The predicted molar refractivity (Wildman–Crippen MR) is 57.4 cm³/mol. The zero-order chi connectivity index (χ0) is 15.1. The van der Waals surface area contributed by atoms with Crippen LogP contribution >= 0.6 is 11.6 Å². The van der Waals surface area contributed by atoms with Gasteiger partial charge in [-0.25, -0.2) is 23.1 Å². The average Bonchev–Trinajstić information content (AvgIpc) is 2.34. The Morgan fingerprint density at radius 3 is 2.20 bits per heavy atom. The highest BCUT2D eigenvalue weighted by atomic mass is 35.5. The van der Waals surface area contributed by atoms with Crippen LogP contribution in [0.25, 0.3) is 11.3 Å². The molecule has 1 heterocycles. The van der Waals surface area contributed by atoms with Gasteiger partial charge in [0.05, 0.1) is 5.69 Å². The molecular formula is C11H3ClF6N2. The molecular weight excluding hydrogens is 310 g/mol. The molecule has 2 rings (SSSR count). The molecule has 0 aliphatic carbocycles. The molecule has 20 heavy (non-hydrogen) atoms. The molecule has 0 amide bonds. The summed E-state index contributed by atoms with van der Waals surface area (Å²) in [5, 5.41) is -0.793. The van der Waals surface area contributed by atoms with Crippen LogP contribution < -0.4 is 0 Å². The molecule has 2 aromatic rings. The lowest BCUT2D eigenvalue weighted by Crippen LogP contribution is -2.09. The van der Waals surface area contributed by atoms with Crippen LogP contribution in [0.3, 0.4) is 0 Å². The molecule has 0 N–H and O–H groups in total. The van der Waals surface area contributed by atoms with Crippen molar-refractivity contribution < 1.29 is 26.3 Å². The Kier molecular flexibility index (Phi) is 3.59. The molecule has 0 aliphatic rings. The standard InChI is InChI=1S/C11H3ClF6N2/c12-10-19-6(3-7(20-10)11(16,17)18)4-1-2-5(13)9(15)8(4)14/h1-3H. The highest BCUT2D eigenvalue weighted by Gasteiger charge is 2.34. The van der Waals surface area contributed by atoms with Gasteiger partial charge in [-0.15, -0.1) is 0 Å². The van der Waals surface area contributed by atoms with Crippen molar-refractivity contribution in [3.8, 4) is 11.3 Å². The highest BCUT2D eigenvalue weighted by molar-refractivity contribution is 6.28. The zero-order valence-electron chi connectivity index (χ0n) is 9.27. The lowest BCUT2D eigenvalue weighted by atomic mass is 10.1. The van der Waals surface area contributed by atoms with Crippen LogP contribution in [0.4, 0.5) is 26.3 Å². The second kappa shape index (κ2) is 4.93. The number of benzene rings is 1. The van der Waals surface area contributed by atoms with E-state index in [2.05, 4.69) is 9.97 Å². The minimum Gasteiger partial charge on any atom is -0.218 e. The van der Waals surface area contributed by atoms with E-state index >= 15 is 0 Å². The maximum absolute atomic E-state index is 13.5. The average molecular weight is 313 g/mol. The third kappa shape index (κ3) is 2.69. The second-order valence-corrected chi connectivity index (χ2v) is 3.97. The highest BCUT2D eigenvalue weighted by Crippen LogP contribution is 2.32. The Bertz CT molecular complexity index is 671. The fraction of sp³-hybridized carbons (Fsp3) is 0.0909. The van der Waals surface area contributed by atoms with Gasteiger partial charge < -0.3 is 0 Å². The van der Waals surface area contributed by atoms with E-state index in [0.717, 1.165) is 6.07 Å². The topological polar surface area (TPSA) is 25.8 Å². The fourth-order valence-corrected chi connectivity index (χ4v) is 1.61. The molecule has 2 nitrogen and oxygen atoms in total. The normalized spacial score (nSPS) is 11.8. The summed E-state index contributed by atoms with van der Waals surface area (Å²) in [6.45, 7) is 0. The molecule has 0 aliphatic heterocycles. The van der Waals surface area contributed by atoms with Gasteiger partial charge in [0.1, 0.15) is 5.69 Å². The van der Waals surface area contributed by atoms with Crippen LogP contribution in [0.5, 0.6) is 0 Å². The molecule has 0 spiro atoms. The maximum atomic E-state index is 13.5. The number of hydrogen-bond donors (Lipinski definition) is 0. The van der Waals surface area contributed by atoms with Crippen molar-refractivity contribution in [2.45, 2.75) is 6.18 Å². The Morgan fingerprint density at radius 2 is 1.60 bits per heavy atom. The minimum atomic E-state index is -4.84. The summed E-state index contributed by atoms with van der Waals surface area (Å²) in [6, 6.07) is 1.71. The van der Waals surface area contributed by atoms with Crippen LogP contribution in [0, 0.1) is 17.5 Å². The summed E-state index contributed by atoms with van der Waals surface area (Å²) >= 11 is 5.32. The number of halogens is 7. The molecule has 0 saturated heterocycles. The molecule has 0 bridgehead atoms. The van der Waals surface area contributed by atoms with Crippen molar-refractivity contribution >= 4 is 11.6 Å². The van der Waals surface area contributed by atoms with Crippen LogP contribution in [-0.4, -0.2) is 9.97 Å². The van der Waals surface area contributed by atoms with Crippen molar-refractivity contribution in [2.75, 3.05) is 0 Å². The largest absolute Gasteiger partial charge is 0.433 e. The molecule has 0 saturated carbocycles. The van der Waals surface area contributed by atoms with Gasteiger partial charge in [-0.3, -0.25) is 0 Å². The molecule has 1 aromatic carbocycles. The van der Waals surface area contributed by atoms with Gasteiger partial charge >= 0.3 is 6.18 Å². The van der Waals surface area contributed by atoms with Crippen LogP contribution in [-0.2, 0) is 6.18 Å². The van der Waals surface area contributed by atoms with Crippen molar-refractivity contribution in [3.05, 3.63) is 46.6 Å². The SMILES string of the molecule is Fc1ccc(-c2cc(C(F)(F)F)nc(Cl)n2)c(F)c1F. The first kappa shape index (κ1) is 14.6. The predicted octanol–water partition coefficient (Wildman–Crippen LogP) is 4.23. The molecule has 1 aromatic heterocycles. The van der Waals surface area contributed by atoms with Gasteiger partial charge in [0.15, 0.2) is 17.5 Å². The number of nitrogens with zero attached hydrogens (tertiary/aromatic N) is 2. The summed E-state index contributed by atoms with van der Waals surface area (Å²) in [6.07, 6.45) is -4.84. The van der Waals surface area contributed by atoms with Gasteiger partial charge in [0, 0.05) is 5.56 Å². The molecule has 0 unspecified atom stereocenters. The monoisotopic (exact) mass is 312 g/mol. The zero-order valence-corrected chi connectivity index (χ0v) is 10.0. The molecule has 9 heteroatoms. The number of hydrogen-bond acceptors (Lipinski definition) is 2. The lowest BCUT2D eigenvalue weighted by molar-refractivity contribution is -0.141. The number of aromatic nitrogens is 2. The van der Waals surface area contributed by atoms with Gasteiger partial charge in [0.2, 0.25) is 5.28 Å². The first-order valence-electron chi connectivity index (χ1n) is 4.96. The first-order chi connectivity index (χ1) is 9.20. The Balaban J connectivity index is 2.65. The fourth-order valence-electron chi connectivity index (χ4n) is 1.42. The summed E-state index contributed by atoms with van der Waals surface area (Å²) in [7, 11) is 0. The van der Waals surface area contributed by atoms with E-state index in [9.17, 15) is 26.3 Å². The molecule has 106 valence electrons. The van der Waals surface area contributed by atoms with Crippen molar-refractivity contribution in [2.24, 2.45) is 0 Å². The third-order valence-corrected chi connectivity index (χ3v) is 2.47. The Labute approximate surface area is 113 Å². The second-order valence-electron chi connectivity index (χ2n) is 3.63. The Morgan fingerprint density at radius 1 is 0.950 bits per heavy atom. The van der Waals surface area contributed by atoms with Crippen LogP contribution in [0.1, 0.15) is 5.69 Å². The van der Waals surface area contributed by atoms with Crippen LogP contribution in [0.15, 0.2) is 18.2 Å². The summed E-state index contributed by atoms with van der Waals surface area (Å²) in [4.78, 5) is 6.31. The maximum Gasteiger partial charge on any atom is 0.433 e. The van der Waals surface area contributed by atoms with E-state index in [1.807, 2.05) is 0 Å². The number of rotatable bonds is 1. The van der Waals surface area contributed by atoms with Crippen LogP contribution in [0.2, 0.25) is 5.28 Å². The quantitative estimate of drug-likeness (QED) is 0.447. The third-order valence-electron chi connectivity index (χ3n) is 2.30. The van der Waals surface area contributed by atoms with E-state index in [1.165, 1.54) is 0 Å². The smallest absolute Gasteiger partial charge is 0.218 e. The van der Waals surface area contributed by atoms with Gasteiger partial charge in [-0.1, -0.05) is 0 Å².